The van der Waals surface area contributed by atoms with Gasteiger partial charge in [0.1, 0.15) is 0 Å². The van der Waals surface area contributed by atoms with Crippen molar-refractivity contribution >= 4 is 63.7 Å². The van der Waals surface area contributed by atoms with E-state index in [9.17, 15) is 0 Å². The number of rotatable bonds is 3. The fourth-order valence-corrected chi connectivity index (χ4v) is 23.5. The van der Waals surface area contributed by atoms with Crippen LogP contribution in [0.15, 0.2) is 87.9 Å². The second-order valence-corrected chi connectivity index (χ2v) is 19.8. The van der Waals surface area contributed by atoms with Crippen LogP contribution < -0.4 is 0 Å². The van der Waals surface area contributed by atoms with Crippen LogP contribution in [-0.2, 0) is 0 Å². The molecular formula is C26H20Sb2. The first-order valence-corrected chi connectivity index (χ1v) is 18.9. The van der Waals surface area contributed by atoms with E-state index in [0.717, 1.165) is 0 Å². The molecule has 0 amide bonds. The molecule has 2 aliphatic carbocycles. The Balaban J connectivity index is 1.23. The van der Waals surface area contributed by atoms with E-state index >= 15 is 0 Å². The van der Waals surface area contributed by atoms with Crippen LogP contribution in [0.1, 0.15) is 22.3 Å². The van der Waals surface area contributed by atoms with Gasteiger partial charge in [0.15, 0.2) is 0 Å². The standard InChI is InChI=1S/2C12H8.C2H4.2Sb/c2*1-2-5-10-8-9-11-6-3-4-7-12(10)11;1-2;;/h2*1-7,9H;1-2H2;;. The summed E-state index contributed by atoms with van der Waals surface area (Å²) in [6, 6.07) is 17.8. The van der Waals surface area contributed by atoms with Crippen molar-refractivity contribution in [1.29, 1.82) is 0 Å². The van der Waals surface area contributed by atoms with E-state index < -0.39 is 40.4 Å². The van der Waals surface area contributed by atoms with Crippen molar-refractivity contribution < 1.29 is 0 Å². The molecule has 2 heteroatoms. The number of fused-ring (bicyclic) bond motifs is 6. The zero-order chi connectivity index (χ0) is 18.5. The molecule has 0 aromatic heterocycles. The molecule has 0 radical (unpaired) electrons. The van der Waals surface area contributed by atoms with Crippen molar-refractivity contribution in [2.75, 3.05) is 0 Å². The van der Waals surface area contributed by atoms with Gasteiger partial charge in [0, 0.05) is 0 Å². The Labute approximate surface area is 181 Å². The summed E-state index contributed by atoms with van der Waals surface area (Å²) < 4.78 is 11.5. The van der Waals surface area contributed by atoms with E-state index in [1.54, 1.807) is 7.04 Å². The predicted molar refractivity (Wildman–Crippen MR) is 124 cm³/mol. The molecule has 0 saturated carbocycles. The van der Waals surface area contributed by atoms with Crippen molar-refractivity contribution in [3.63, 3.8) is 0 Å². The quantitative estimate of drug-likeness (QED) is 0.381. The van der Waals surface area contributed by atoms with Gasteiger partial charge >= 0.3 is 183 Å². The molecule has 0 spiro atoms. The number of allylic oxidation sites excluding steroid dienone is 8. The summed E-state index contributed by atoms with van der Waals surface area (Å²) in [5.41, 5.74) is 8.82. The number of hydrogen-bond acceptors (Lipinski definition) is 0. The molecule has 2 aromatic rings. The second kappa shape index (κ2) is 7.09. The molecule has 134 valence electrons. The molecule has 4 aliphatic rings. The Bertz CT molecular complexity index is 1080. The second-order valence-electron chi connectivity index (χ2n) is 7.46. The Morgan fingerprint density at radius 3 is 1.54 bits per heavy atom. The van der Waals surface area contributed by atoms with Gasteiger partial charge in [-0.25, -0.2) is 0 Å². The van der Waals surface area contributed by atoms with Crippen LogP contribution in [0.2, 0.25) is 8.73 Å². The van der Waals surface area contributed by atoms with E-state index in [4.69, 9.17) is 0 Å². The van der Waals surface area contributed by atoms with Crippen LogP contribution in [0.4, 0.5) is 0 Å². The average molecular weight is 576 g/mol. The zero-order valence-electron chi connectivity index (χ0n) is 15.5. The van der Waals surface area contributed by atoms with Gasteiger partial charge in [-0.15, -0.1) is 0 Å². The molecule has 0 unspecified atom stereocenters. The molecule has 2 aliphatic heterocycles. The molecule has 0 saturated heterocycles. The first kappa shape index (κ1) is 17.4. The van der Waals surface area contributed by atoms with Gasteiger partial charge in [-0.1, -0.05) is 0 Å². The first-order valence-electron chi connectivity index (χ1n) is 9.82. The van der Waals surface area contributed by atoms with Gasteiger partial charge in [-0.2, -0.15) is 0 Å². The molecule has 6 rings (SSSR count). The van der Waals surface area contributed by atoms with Crippen LogP contribution >= 0.6 is 0 Å². The number of benzene rings is 2. The molecule has 2 aromatic carbocycles. The third-order valence-corrected chi connectivity index (χ3v) is 21.7. The van der Waals surface area contributed by atoms with E-state index in [0.29, 0.717) is 0 Å². The summed E-state index contributed by atoms with van der Waals surface area (Å²) in [5.74, 6) is 0. The molecule has 0 bridgehead atoms. The summed E-state index contributed by atoms with van der Waals surface area (Å²) in [4.78, 5) is 0. The third kappa shape index (κ3) is 2.81. The Morgan fingerprint density at radius 2 is 1.04 bits per heavy atom. The maximum absolute atomic E-state index is 2.60. The minimum absolute atomic E-state index is 1.43. The molecule has 28 heavy (non-hydrogen) atoms. The van der Waals surface area contributed by atoms with Crippen molar-refractivity contribution in [3.05, 3.63) is 110 Å². The third-order valence-electron chi connectivity index (χ3n) is 5.90. The normalized spacial score (nSPS) is 19.3. The van der Waals surface area contributed by atoms with Gasteiger partial charge < -0.3 is 0 Å². The molecule has 2 heterocycles. The van der Waals surface area contributed by atoms with Crippen molar-refractivity contribution in [2.45, 2.75) is 8.73 Å². The summed E-state index contributed by atoms with van der Waals surface area (Å²) in [7, 11) is 0. The summed E-state index contributed by atoms with van der Waals surface area (Å²) >= 11 is -3.08. The summed E-state index contributed by atoms with van der Waals surface area (Å²) in [6.45, 7) is 0. The van der Waals surface area contributed by atoms with Gasteiger partial charge in [0.25, 0.3) is 0 Å². The Morgan fingerprint density at radius 1 is 0.571 bits per heavy atom. The average Bonchev–Trinajstić information content (AvgIpc) is 3.31. The zero-order valence-corrected chi connectivity index (χ0v) is 20.7. The maximum atomic E-state index is 2.60. The van der Waals surface area contributed by atoms with Crippen molar-refractivity contribution in [3.8, 4) is 0 Å². The number of hydrogen-bond donors (Lipinski definition) is 0. The van der Waals surface area contributed by atoms with E-state index in [2.05, 4.69) is 93.0 Å². The predicted octanol–water partition coefficient (Wildman–Crippen LogP) is 6.23. The van der Waals surface area contributed by atoms with Crippen LogP contribution in [0, 0.1) is 0 Å². The fourth-order valence-electron chi connectivity index (χ4n) is 4.54. The summed E-state index contributed by atoms with van der Waals surface area (Å²) in [5, 5.41) is 0. The van der Waals surface area contributed by atoms with Crippen LogP contribution in [0.25, 0.3) is 23.3 Å². The minimum atomic E-state index is -1.54. The molecule has 0 fully saturated rings. The van der Waals surface area contributed by atoms with Crippen LogP contribution in [0.3, 0.4) is 0 Å². The van der Waals surface area contributed by atoms with Crippen LogP contribution in [-0.4, -0.2) is 40.4 Å². The van der Waals surface area contributed by atoms with E-state index in [1.165, 1.54) is 42.1 Å². The molecule has 0 atom stereocenters. The van der Waals surface area contributed by atoms with E-state index in [-0.39, 0.29) is 0 Å². The summed E-state index contributed by atoms with van der Waals surface area (Å²) in [6.07, 6.45) is 14.4. The SMILES string of the molecule is C1=[CH][Sb]([CH2][CH2][Sb]2[CH]=CC=C3[C]2=Cc2ccccc23)[C]2=Cc3ccccc3C2=C1. The topological polar surface area (TPSA) is 0 Å². The van der Waals surface area contributed by atoms with E-state index in [1.807, 2.05) is 0 Å². The Kier molecular flexibility index (Phi) is 4.40. The molecular weight excluding hydrogens is 556 g/mol. The first-order chi connectivity index (χ1) is 13.9. The monoisotopic (exact) mass is 574 g/mol. The fraction of sp³-hybridized carbons (Fsp3) is 0.0769. The van der Waals surface area contributed by atoms with Gasteiger partial charge in [0.2, 0.25) is 0 Å². The molecule has 0 N–H and O–H groups in total. The molecule has 0 nitrogen and oxygen atoms in total. The van der Waals surface area contributed by atoms with Crippen molar-refractivity contribution in [1.82, 2.24) is 0 Å². The van der Waals surface area contributed by atoms with Gasteiger partial charge in [-0.05, 0) is 0 Å². The van der Waals surface area contributed by atoms with Gasteiger partial charge in [0.05, 0.1) is 0 Å². The Hall–Kier alpha value is -1.48. The van der Waals surface area contributed by atoms with Crippen molar-refractivity contribution in [2.24, 2.45) is 0 Å². The van der Waals surface area contributed by atoms with Gasteiger partial charge in [-0.3, -0.25) is 0 Å². The van der Waals surface area contributed by atoms with Crippen LogP contribution in [0.5, 0.6) is 0 Å².